The molecule has 1 aliphatic heterocycles. The first-order valence-electron chi connectivity index (χ1n) is 8.46. The maximum atomic E-state index is 13.1. The van der Waals surface area contributed by atoms with Gasteiger partial charge in [0.1, 0.15) is 10.6 Å². The van der Waals surface area contributed by atoms with Crippen LogP contribution < -0.4 is 10.1 Å². The molecule has 5 nitrogen and oxygen atoms in total. The van der Waals surface area contributed by atoms with Crippen LogP contribution in [0.1, 0.15) is 22.8 Å². The molecule has 1 aromatic heterocycles. The molecule has 0 fully saturated rings. The second kappa shape index (κ2) is 7.24. The maximum Gasteiger partial charge on any atom is 0.225 e. The van der Waals surface area contributed by atoms with Crippen molar-refractivity contribution in [2.24, 2.45) is 0 Å². The summed E-state index contributed by atoms with van der Waals surface area (Å²) in [6.45, 7) is 0. The van der Waals surface area contributed by atoms with Gasteiger partial charge in [-0.3, -0.25) is 4.79 Å². The molecule has 8 heteroatoms. The van der Waals surface area contributed by atoms with Crippen LogP contribution in [0.3, 0.4) is 0 Å². The van der Waals surface area contributed by atoms with E-state index in [1.54, 1.807) is 12.5 Å². The molecule has 1 amide bonds. The Morgan fingerprint density at radius 3 is 2.57 bits per heavy atom. The van der Waals surface area contributed by atoms with E-state index in [9.17, 15) is 13.2 Å². The van der Waals surface area contributed by atoms with Crippen molar-refractivity contribution in [2.75, 3.05) is 12.4 Å². The molecule has 2 heterocycles. The Morgan fingerprint density at radius 2 is 1.86 bits per heavy atom. The second-order valence-corrected chi connectivity index (χ2v) is 9.61. The molecule has 0 bridgehead atoms. The summed E-state index contributed by atoms with van der Waals surface area (Å²) in [6.07, 6.45) is 0.230. The molecule has 0 radical (unpaired) electrons. The average molecular weight is 434 g/mol. The normalized spacial score (nSPS) is 16.4. The Labute approximate surface area is 171 Å². The highest BCUT2D eigenvalue weighted by molar-refractivity contribution is 7.91. The monoisotopic (exact) mass is 433 g/mol. The van der Waals surface area contributed by atoms with E-state index in [2.05, 4.69) is 5.32 Å². The number of ether oxygens (including phenoxy) is 1. The van der Waals surface area contributed by atoms with Crippen LogP contribution in [-0.2, 0) is 14.6 Å². The molecule has 1 atom stereocenters. The van der Waals surface area contributed by atoms with Crippen molar-refractivity contribution in [1.82, 2.24) is 0 Å². The summed E-state index contributed by atoms with van der Waals surface area (Å²) in [5.74, 6) is 0.178. The van der Waals surface area contributed by atoms with Crippen molar-refractivity contribution in [2.45, 2.75) is 22.1 Å². The number of carbonyl (C=O) groups excluding carboxylic acids is 1. The lowest BCUT2D eigenvalue weighted by Gasteiger charge is -2.25. The molecular formula is C20H16ClNO4S2. The Bertz CT molecular complexity index is 1150. The van der Waals surface area contributed by atoms with Gasteiger partial charge < -0.3 is 10.1 Å². The standard InChI is InChI=1S/C20H16ClNO4S2/c1-26-16-5-3-2-4-14(16)15-10-18(23)22-19-17(11-27-20(15)19)28(24,25)13-8-6-12(21)7-9-13/h2-9,11,15H,10H2,1H3,(H,22,23)/t15-/m1/s1. The summed E-state index contributed by atoms with van der Waals surface area (Å²) in [5, 5.41) is 4.80. The highest BCUT2D eigenvalue weighted by Gasteiger charge is 2.35. The van der Waals surface area contributed by atoms with E-state index < -0.39 is 9.84 Å². The van der Waals surface area contributed by atoms with Crippen LogP contribution >= 0.6 is 22.9 Å². The fraction of sp³-hybridized carbons (Fsp3) is 0.150. The minimum atomic E-state index is -3.79. The maximum absolute atomic E-state index is 13.1. The Kier molecular flexibility index (Phi) is 4.91. The van der Waals surface area contributed by atoms with E-state index in [1.807, 2.05) is 24.3 Å². The first-order chi connectivity index (χ1) is 13.4. The van der Waals surface area contributed by atoms with Crippen LogP contribution in [0.25, 0.3) is 0 Å². The molecule has 1 N–H and O–H groups in total. The minimum absolute atomic E-state index is 0.0998. The van der Waals surface area contributed by atoms with Crippen molar-refractivity contribution in [3.63, 3.8) is 0 Å². The summed E-state index contributed by atoms with van der Waals surface area (Å²) in [4.78, 5) is 13.4. The van der Waals surface area contributed by atoms with Crippen LogP contribution in [-0.4, -0.2) is 21.4 Å². The average Bonchev–Trinajstić information content (AvgIpc) is 3.12. The second-order valence-electron chi connectivity index (χ2n) is 6.34. The van der Waals surface area contributed by atoms with E-state index in [-0.39, 0.29) is 28.0 Å². The SMILES string of the molecule is COc1ccccc1[C@H]1CC(=O)Nc2c(S(=O)(=O)c3ccc(Cl)cc3)csc21. The molecule has 144 valence electrons. The number of benzene rings is 2. The van der Waals surface area contributed by atoms with Gasteiger partial charge in [-0.15, -0.1) is 11.3 Å². The van der Waals surface area contributed by atoms with Crippen LogP contribution in [0.15, 0.2) is 63.7 Å². The number of amides is 1. The number of fused-ring (bicyclic) bond motifs is 1. The number of halogens is 1. The van der Waals surface area contributed by atoms with E-state index in [0.717, 1.165) is 10.4 Å². The molecule has 4 rings (SSSR count). The van der Waals surface area contributed by atoms with Gasteiger partial charge in [0, 0.05) is 33.2 Å². The van der Waals surface area contributed by atoms with Crippen LogP contribution in [0.4, 0.5) is 5.69 Å². The molecule has 0 unspecified atom stereocenters. The lowest BCUT2D eigenvalue weighted by molar-refractivity contribution is -0.116. The number of para-hydroxylation sites is 1. The lowest BCUT2D eigenvalue weighted by Crippen LogP contribution is -2.23. The number of rotatable bonds is 4. The molecule has 3 aromatic rings. The fourth-order valence-corrected chi connectivity index (χ4v) is 6.37. The first kappa shape index (κ1) is 19.0. The molecule has 1 aliphatic rings. The Morgan fingerprint density at radius 1 is 1.14 bits per heavy atom. The topological polar surface area (TPSA) is 72.5 Å². The number of nitrogens with one attached hydrogen (secondary N) is 1. The van der Waals surface area contributed by atoms with Gasteiger partial charge in [0.15, 0.2) is 0 Å². The van der Waals surface area contributed by atoms with Crippen molar-refractivity contribution in [1.29, 1.82) is 0 Å². The third kappa shape index (κ3) is 3.19. The number of hydrogen-bond acceptors (Lipinski definition) is 5. The summed E-state index contributed by atoms with van der Waals surface area (Å²) >= 11 is 7.20. The highest BCUT2D eigenvalue weighted by Crippen LogP contribution is 2.47. The van der Waals surface area contributed by atoms with E-state index in [1.165, 1.54) is 35.6 Å². The summed E-state index contributed by atoms with van der Waals surface area (Å²) in [7, 11) is -2.22. The largest absolute Gasteiger partial charge is 0.496 e. The predicted octanol–water partition coefficient (Wildman–Crippen LogP) is 4.72. The first-order valence-corrected chi connectivity index (χ1v) is 11.2. The smallest absolute Gasteiger partial charge is 0.225 e. The number of anilines is 1. The summed E-state index contributed by atoms with van der Waals surface area (Å²) < 4.78 is 31.7. The summed E-state index contributed by atoms with van der Waals surface area (Å²) in [6, 6.07) is 13.5. The van der Waals surface area contributed by atoms with Crippen LogP contribution in [0.2, 0.25) is 5.02 Å². The van der Waals surface area contributed by atoms with E-state index in [0.29, 0.717) is 16.5 Å². The van der Waals surface area contributed by atoms with Gasteiger partial charge in [0.25, 0.3) is 0 Å². The molecular weight excluding hydrogens is 418 g/mol. The third-order valence-electron chi connectivity index (χ3n) is 4.68. The third-order valence-corrected chi connectivity index (χ3v) is 7.98. The van der Waals surface area contributed by atoms with E-state index >= 15 is 0 Å². The van der Waals surface area contributed by atoms with Crippen molar-refractivity contribution >= 4 is 44.4 Å². The fourth-order valence-electron chi connectivity index (χ4n) is 3.35. The van der Waals surface area contributed by atoms with Crippen molar-refractivity contribution in [3.8, 4) is 5.75 Å². The van der Waals surface area contributed by atoms with Gasteiger partial charge in [0.2, 0.25) is 15.7 Å². The lowest BCUT2D eigenvalue weighted by atomic mass is 9.90. The number of carbonyl (C=O) groups is 1. The van der Waals surface area contributed by atoms with Gasteiger partial charge in [0.05, 0.1) is 17.7 Å². The summed E-state index contributed by atoms with van der Waals surface area (Å²) in [5.41, 5.74) is 1.21. The highest BCUT2D eigenvalue weighted by atomic mass is 35.5. The van der Waals surface area contributed by atoms with Gasteiger partial charge in [-0.2, -0.15) is 0 Å². The molecule has 0 aliphatic carbocycles. The molecule has 2 aromatic carbocycles. The zero-order valence-corrected chi connectivity index (χ0v) is 17.2. The molecule has 0 saturated heterocycles. The van der Waals surface area contributed by atoms with Gasteiger partial charge in [-0.05, 0) is 30.3 Å². The molecule has 0 spiro atoms. The quantitative estimate of drug-likeness (QED) is 0.646. The van der Waals surface area contributed by atoms with Crippen molar-refractivity contribution < 1.29 is 17.9 Å². The van der Waals surface area contributed by atoms with Crippen molar-refractivity contribution in [3.05, 3.63) is 69.4 Å². The van der Waals surface area contributed by atoms with Crippen LogP contribution in [0, 0.1) is 0 Å². The number of sulfone groups is 1. The number of hydrogen-bond donors (Lipinski definition) is 1. The van der Waals surface area contributed by atoms with Crippen LogP contribution in [0.5, 0.6) is 5.75 Å². The molecule has 0 saturated carbocycles. The van der Waals surface area contributed by atoms with Gasteiger partial charge >= 0.3 is 0 Å². The molecule has 28 heavy (non-hydrogen) atoms. The van der Waals surface area contributed by atoms with Gasteiger partial charge in [-0.1, -0.05) is 29.8 Å². The Balaban J connectivity index is 1.84. The minimum Gasteiger partial charge on any atom is -0.496 e. The Hall–Kier alpha value is -2.35. The van der Waals surface area contributed by atoms with E-state index in [4.69, 9.17) is 16.3 Å². The predicted molar refractivity (Wildman–Crippen MR) is 109 cm³/mol. The van der Waals surface area contributed by atoms with Gasteiger partial charge in [-0.25, -0.2) is 8.42 Å². The zero-order chi connectivity index (χ0) is 19.9. The zero-order valence-electron chi connectivity index (χ0n) is 14.8. The number of thiophene rings is 1. The number of methoxy groups -OCH3 is 1.